The summed E-state index contributed by atoms with van der Waals surface area (Å²) in [5.41, 5.74) is 3.02. The molecular formula is C15H14BrN3O. The first-order chi connectivity index (χ1) is 9.75. The van der Waals surface area contributed by atoms with Crippen LogP contribution in [0.4, 0.5) is 5.69 Å². The lowest BCUT2D eigenvalue weighted by Crippen LogP contribution is -2.38. The second-order valence-electron chi connectivity index (χ2n) is 4.68. The number of benzene rings is 1. The van der Waals surface area contributed by atoms with Gasteiger partial charge in [-0.05, 0) is 39.5 Å². The van der Waals surface area contributed by atoms with Crippen molar-refractivity contribution < 1.29 is 4.79 Å². The average Bonchev–Trinajstić information content (AvgIpc) is 2.49. The first-order valence-electron chi connectivity index (χ1n) is 6.47. The largest absolute Gasteiger partial charge is 0.323 e. The molecule has 20 heavy (non-hydrogen) atoms. The van der Waals surface area contributed by atoms with Crippen LogP contribution in [0, 0.1) is 0 Å². The van der Waals surface area contributed by atoms with Crippen LogP contribution in [-0.2, 0) is 11.2 Å². The maximum Gasteiger partial charge on any atom is 0.246 e. The number of amides is 1. The first-order valence-corrected chi connectivity index (χ1v) is 7.26. The molecule has 0 spiro atoms. The van der Waals surface area contributed by atoms with Crippen molar-refractivity contribution in [2.75, 3.05) is 11.9 Å². The molecule has 1 aliphatic heterocycles. The average molecular weight is 332 g/mol. The molecule has 0 aliphatic carbocycles. The molecule has 2 N–H and O–H groups in total. The van der Waals surface area contributed by atoms with E-state index in [4.69, 9.17) is 0 Å². The summed E-state index contributed by atoms with van der Waals surface area (Å²) >= 11 is 3.38. The van der Waals surface area contributed by atoms with Crippen LogP contribution in [0.5, 0.6) is 0 Å². The molecule has 0 saturated carbocycles. The number of anilines is 1. The Labute approximate surface area is 125 Å². The van der Waals surface area contributed by atoms with Gasteiger partial charge in [0.25, 0.3) is 0 Å². The highest BCUT2D eigenvalue weighted by Crippen LogP contribution is 2.26. The van der Waals surface area contributed by atoms with Gasteiger partial charge < -0.3 is 10.6 Å². The third kappa shape index (κ3) is 2.59. The summed E-state index contributed by atoms with van der Waals surface area (Å²) in [6, 6.07) is 9.54. The van der Waals surface area contributed by atoms with Crippen molar-refractivity contribution in [1.29, 1.82) is 0 Å². The summed E-state index contributed by atoms with van der Waals surface area (Å²) in [6.07, 6.45) is 4.28. The number of hydrogen-bond donors (Lipinski definition) is 2. The van der Waals surface area contributed by atoms with Crippen molar-refractivity contribution in [3.8, 4) is 0 Å². The summed E-state index contributed by atoms with van der Waals surface area (Å²) in [5.74, 6) is -0.0518. The van der Waals surface area contributed by atoms with Crippen molar-refractivity contribution in [1.82, 2.24) is 10.3 Å². The number of hydrogen-bond acceptors (Lipinski definition) is 3. The lowest BCUT2D eigenvalue weighted by atomic mass is 9.94. The van der Waals surface area contributed by atoms with Gasteiger partial charge >= 0.3 is 0 Å². The number of nitrogens with zero attached hydrogens (tertiary/aromatic N) is 1. The highest BCUT2D eigenvalue weighted by Gasteiger charge is 2.25. The van der Waals surface area contributed by atoms with Gasteiger partial charge in [0.05, 0.1) is 10.2 Å². The summed E-state index contributed by atoms with van der Waals surface area (Å²) in [5, 5.41) is 6.20. The quantitative estimate of drug-likeness (QED) is 0.889. The van der Waals surface area contributed by atoms with E-state index >= 15 is 0 Å². The van der Waals surface area contributed by atoms with Crippen LogP contribution in [0.2, 0.25) is 0 Å². The summed E-state index contributed by atoms with van der Waals surface area (Å²) < 4.78 is 0.775. The third-order valence-corrected chi connectivity index (χ3v) is 4.03. The number of carbonyl (C=O) groups excluding carboxylic acids is 1. The fraction of sp³-hybridized carbons (Fsp3) is 0.200. The van der Waals surface area contributed by atoms with Gasteiger partial charge in [0.1, 0.15) is 6.04 Å². The Balaban J connectivity index is 1.84. The monoisotopic (exact) mass is 331 g/mol. The van der Waals surface area contributed by atoms with Crippen LogP contribution in [0.3, 0.4) is 0 Å². The van der Waals surface area contributed by atoms with E-state index in [0.29, 0.717) is 0 Å². The SMILES string of the molecule is O=C(Nc1ccncc1Br)C1NCCc2ccccc21. The molecule has 1 aliphatic rings. The minimum absolute atomic E-state index is 0.0518. The molecule has 2 heterocycles. The zero-order valence-corrected chi connectivity index (χ0v) is 12.4. The van der Waals surface area contributed by atoms with Gasteiger partial charge in [-0.25, -0.2) is 0 Å². The van der Waals surface area contributed by atoms with E-state index in [1.807, 2.05) is 18.2 Å². The van der Waals surface area contributed by atoms with Crippen molar-refractivity contribution in [3.63, 3.8) is 0 Å². The molecule has 3 rings (SSSR count). The van der Waals surface area contributed by atoms with E-state index in [0.717, 1.165) is 28.7 Å². The van der Waals surface area contributed by atoms with Crippen molar-refractivity contribution >= 4 is 27.5 Å². The lowest BCUT2D eigenvalue weighted by molar-refractivity contribution is -0.118. The minimum atomic E-state index is -0.306. The third-order valence-electron chi connectivity index (χ3n) is 3.40. The van der Waals surface area contributed by atoms with Gasteiger partial charge in [-0.15, -0.1) is 0 Å². The molecule has 0 fully saturated rings. The van der Waals surface area contributed by atoms with Gasteiger partial charge in [0.15, 0.2) is 0 Å². The Hall–Kier alpha value is -1.72. The zero-order valence-electron chi connectivity index (χ0n) is 10.8. The molecule has 0 saturated heterocycles. The molecule has 1 atom stereocenters. The molecule has 1 amide bonds. The molecule has 0 bridgehead atoms. The van der Waals surface area contributed by atoms with Gasteiger partial charge in [0, 0.05) is 18.9 Å². The standard InChI is InChI=1S/C15H14BrN3O/c16-12-9-17-7-6-13(12)19-15(20)14-11-4-2-1-3-10(11)5-8-18-14/h1-4,6-7,9,14,18H,5,8H2,(H,17,19,20). The Kier molecular flexibility index (Phi) is 3.80. The second kappa shape index (κ2) is 5.73. The second-order valence-corrected chi connectivity index (χ2v) is 5.54. The van der Waals surface area contributed by atoms with E-state index in [1.54, 1.807) is 18.5 Å². The maximum absolute atomic E-state index is 12.5. The van der Waals surface area contributed by atoms with Crippen molar-refractivity contribution in [3.05, 3.63) is 58.3 Å². The Morgan fingerprint density at radius 2 is 2.20 bits per heavy atom. The molecular weight excluding hydrogens is 318 g/mol. The number of aromatic nitrogens is 1. The highest BCUT2D eigenvalue weighted by atomic mass is 79.9. The van der Waals surface area contributed by atoms with Crippen LogP contribution in [0.25, 0.3) is 0 Å². The molecule has 5 heteroatoms. The van der Waals surface area contributed by atoms with Crippen LogP contribution in [-0.4, -0.2) is 17.4 Å². The first kappa shape index (κ1) is 13.3. The summed E-state index contributed by atoms with van der Waals surface area (Å²) in [7, 11) is 0. The molecule has 2 aromatic rings. The number of nitrogens with one attached hydrogen (secondary N) is 2. The Bertz CT molecular complexity index is 645. The summed E-state index contributed by atoms with van der Waals surface area (Å²) in [4.78, 5) is 16.5. The van der Waals surface area contributed by atoms with E-state index in [1.165, 1.54) is 5.56 Å². The topological polar surface area (TPSA) is 54.0 Å². The van der Waals surface area contributed by atoms with Crippen LogP contribution in [0.15, 0.2) is 47.2 Å². The van der Waals surface area contributed by atoms with E-state index in [-0.39, 0.29) is 11.9 Å². The summed E-state index contributed by atoms with van der Waals surface area (Å²) in [6.45, 7) is 0.812. The maximum atomic E-state index is 12.5. The van der Waals surface area contributed by atoms with Crippen LogP contribution in [0.1, 0.15) is 17.2 Å². The van der Waals surface area contributed by atoms with Gasteiger partial charge in [-0.1, -0.05) is 24.3 Å². The number of carbonyl (C=O) groups is 1. The zero-order chi connectivity index (χ0) is 13.9. The van der Waals surface area contributed by atoms with Crippen LogP contribution < -0.4 is 10.6 Å². The fourth-order valence-electron chi connectivity index (χ4n) is 2.42. The predicted molar refractivity (Wildman–Crippen MR) is 81.5 cm³/mol. The molecule has 1 unspecified atom stereocenters. The number of fused-ring (bicyclic) bond motifs is 1. The minimum Gasteiger partial charge on any atom is -0.323 e. The molecule has 1 aromatic heterocycles. The van der Waals surface area contributed by atoms with Gasteiger partial charge in [-0.3, -0.25) is 9.78 Å². The highest BCUT2D eigenvalue weighted by molar-refractivity contribution is 9.10. The molecule has 1 aromatic carbocycles. The van der Waals surface area contributed by atoms with Crippen LogP contribution >= 0.6 is 15.9 Å². The smallest absolute Gasteiger partial charge is 0.246 e. The molecule has 4 nitrogen and oxygen atoms in total. The van der Waals surface area contributed by atoms with E-state index in [9.17, 15) is 4.79 Å². The lowest BCUT2D eigenvalue weighted by Gasteiger charge is -2.26. The predicted octanol–water partition coefficient (Wildman–Crippen LogP) is 2.67. The normalized spacial score (nSPS) is 17.4. The number of rotatable bonds is 2. The van der Waals surface area contributed by atoms with Gasteiger partial charge in [0.2, 0.25) is 5.91 Å². The Morgan fingerprint density at radius 1 is 1.35 bits per heavy atom. The number of pyridine rings is 1. The number of halogens is 1. The van der Waals surface area contributed by atoms with E-state index in [2.05, 4.69) is 37.6 Å². The fourth-order valence-corrected chi connectivity index (χ4v) is 2.77. The van der Waals surface area contributed by atoms with Gasteiger partial charge in [-0.2, -0.15) is 0 Å². The Morgan fingerprint density at radius 3 is 3.05 bits per heavy atom. The molecule has 102 valence electrons. The molecule has 0 radical (unpaired) electrons. The van der Waals surface area contributed by atoms with Crippen molar-refractivity contribution in [2.24, 2.45) is 0 Å². The van der Waals surface area contributed by atoms with Crippen molar-refractivity contribution in [2.45, 2.75) is 12.5 Å². The van der Waals surface area contributed by atoms with E-state index < -0.39 is 0 Å².